The molecule has 4 rings (SSSR count). The predicted molar refractivity (Wildman–Crippen MR) is 106 cm³/mol. The number of pyridine rings is 1. The Morgan fingerprint density at radius 2 is 2.00 bits per heavy atom. The van der Waals surface area contributed by atoms with Gasteiger partial charge in [0.2, 0.25) is 0 Å². The van der Waals surface area contributed by atoms with Crippen LogP contribution in [0.25, 0.3) is 0 Å². The van der Waals surface area contributed by atoms with Gasteiger partial charge in [-0.25, -0.2) is 4.39 Å². The van der Waals surface area contributed by atoms with Crippen LogP contribution in [0.15, 0.2) is 36.4 Å². The second-order valence-electron chi connectivity index (χ2n) is 6.93. The maximum absolute atomic E-state index is 14.1. The van der Waals surface area contributed by atoms with E-state index in [1.165, 1.54) is 13.2 Å². The molecule has 1 aliphatic heterocycles. The lowest BCUT2D eigenvalue weighted by Crippen LogP contribution is -2.18. The van der Waals surface area contributed by atoms with E-state index in [1.807, 2.05) is 19.1 Å². The van der Waals surface area contributed by atoms with E-state index in [-0.39, 0.29) is 11.7 Å². The first-order chi connectivity index (χ1) is 14.0. The number of para-hydroxylation sites is 1. The highest BCUT2D eigenvalue weighted by Gasteiger charge is 2.30. The molecule has 0 bridgehead atoms. The van der Waals surface area contributed by atoms with Gasteiger partial charge in [-0.3, -0.25) is 9.78 Å². The van der Waals surface area contributed by atoms with Crippen LogP contribution in [0.5, 0.6) is 5.75 Å². The molecule has 3 aromatic rings. The monoisotopic (exact) mass is 393 g/mol. The summed E-state index contributed by atoms with van der Waals surface area (Å²) < 4.78 is 19.3. The molecule has 0 aliphatic carbocycles. The molecule has 1 N–H and O–H groups in total. The average Bonchev–Trinajstić information content (AvgIpc) is 2.98. The zero-order chi connectivity index (χ0) is 20.5. The third-order valence-electron chi connectivity index (χ3n) is 4.75. The summed E-state index contributed by atoms with van der Waals surface area (Å²) in [5, 5.41) is 11.4. The summed E-state index contributed by atoms with van der Waals surface area (Å²) >= 11 is 0. The number of anilines is 2. The molecular formula is C21H20FN5O2. The molecule has 0 fully saturated rings. The van der Waals surface area contributed by atoms with Crippen LogP contribution < -0.4 is 10.1 Å². The number of nitrogens with one attached hydrogen (secondary N) is 1. The summed E-state index contributed by atoms with van der Waals surface area (Å²) in [5.74, 6) is -0.531. The molecule has 0 atom stereocenters. The molecule has 8 heteroatoms. The lowest BCUT2D eigenvalue weighted by molar-refractivity contribution is 0.0817. The van der Waals surface area contributed by atoms with Gasteiger partial charge >= 0.3 is 0 Å². The number of amides is 1. The fourth-order valence-corrected chi connectivity index (χ4v) is 3.35. The molecule has 0 spiro atoms. The number of aromatic nitrogens is 3. The molecule has 0 saturated heterocycles. The van der Waals surface area contributed by atoms with E-state index in [9.17, 15) is 9.18 Å². The van der Waals surface area contributed by atoms with Gasteiger partial charge in [-0.1, -0.05) is 6.07 Å². The van der Waals surface area contributed by atoms with Gasteiger partial charge in [0.25, 0.3) is 5.91 Å². The second kappa shape index (κ2) is 7.46. The van der Waals surface area contributed by atoms with E-state index in [1.54, 1.807) is 30.1 Å². The van der Waals surface area contributed by atoms with Crippen molar-refractivity contribution >= 4 is 17.3 Å². The van der Waals surface area contributed by atoms with Gasteiger partial charge in [0.05, 0.1) is 47.7 Å². The first kappa shape index (κ1) is 18.8. The third-order valence-corrected chi connectivity index (χ3v) is 4.75. The largest absolute Gasteiger partial charge is 0.492 e. The van der Waals surface area contributed by atoms with Gasteiger partial charge in [0, 0.05) is 19.2 Å². The zero-order valence-electron chi connectivity index (χ0n) is 16.4. The van der Waals surface area contributed by atoms with Crippen LogP contribution in [0.4, 0.5) is 15.8 Å². The number of carbonyl (C=O) groups is 1. The normalized spacial score (nSPS) is 12.8. The SMILES string of the molecule is COc1c(F)cccc1Nc1cc(Cc2ccc(C)nn2)nc2c1C(=O)N(C)C2. The lowest BCUT2D eigenvalue weighted by atomic mass is 10.1. The minimum absolute atomic E-state index is 0.0859. The van der Waals surface area contributed by atoms with Crippen LogP contribution >= 0.6 is 0 Å². The maximum atomic E-state index is 14.1. The van der Waals surface area contributed by atoms with Crippen molar-refractivity contribution in [2.75, 3.05) is 19.5 Å². The van der Waals surface area contributed by atoms with Crippen LogP contribution in [-0.2, 0) is 13.0 Å². The molecule has 1 aliphatic rings. The Bertz CT molecular complexity index is 1090. The number of ether oxygens (including phenoxy) is 1. The van der Waals surface area contributed by atoms with Gasteiger partial charge in [0.15, 0.2) is 11.6 Å². The maximum Gasteiger partial charge on any atom is 0.257 e. The zero-order valence-corrected chi connectivity index (χ0v) is 16.4. The van der Waals surface area contributed by atoms with Crippen LogP contribution in [0.2, 0.25) is 0 Å². The quantitative estimate of drug-likeness (QED) is 0.717. The Balaban J connectivity index is 1.76. The van der Waals surface area contributed by atoms with E-state index in [0.717, 1.165) is 17.1 Å². The average molecular weight is 393 g/mol. The Hall–Kier alpha value is -3.55. The van der Waals surface area contributed by atoms with Gasteiger partial charge in [0.1, 0.15) is 0 Å². The topological polar surface area (TPSA) is 80.2 Å². The second-order valence-corrected chi connectivity index (χ2v) is 6.93. The van der Waals surface area contributed by atoms with Crippen molar-refractivity contribution in [2.24, 2.45) is 0 Å². The number of rotatable bonds is 5. The number of carbonyl (C=O) groups excluding carboxylic acids is 1. The van der Waals surface area contributed by atoms with Crippen LogP contribution in [-0.4, -0.2) is 40.1 Å². The molecule has 2 aromatic heterocycles. The number of benzene rings is 1. The van der Waals surface area contributed by atoms with Crippen LogP contribution in [0, 0.1) is 12.7 Å². The Labute approximate surface area is 167 Å². The molecule has 148 valence electrons. The highest BCUT2D eigenvalue weighted by atomic mass is 19.1. The first-order valence-electron chi connectivity index (χ1n) is 9.13. The first-order valence-corrected chi connectivity index (χ1v) is 9.13. The van der Waals surface area contributed by atoms with Crippen molar-refractivity contribution < 1.29 is 13.9 Å². The van der Waals surface area contributed by atoms with Crippen molar-refractivity contribution in [1.29, 1.82) is 0 Å². The van der Waals surface area contributed by atoms with Crippen LogP contribution in [0.1, 0.15) is 33.1 Å². The number of halogens is 1. The van der Waals surface area contributed by atoms with E-state index >= 15 is 0 Å². The molecule has 1 amide bonds. The summed E-state index contributed by atoms with van der Waals surface area (Å²) in [6, 6.07) is 10.2. The minimum Gasteiger partial charge on any atom is -0.492 e. The molecule has 3 heterocycles. The summed E-state index contributed by atoms with van der Waals surface area (Å²) in [5.41, 5.74) is 4.50. The number of methoxy groups -OCH3 is 1. The Morgan fingerprint density at radius 1 is 1.17 bits per heavy atom. The molecular weight excluding hydrogens is 373 g/mol. The number of aryl methyl sites for hydroxylation is 1. The van der Waals surface area contributed by atoms with Gasteiger partial charge in [-0.15, -0.1) is 0 Å². The van der Waals surface area contributed by atoms with Crippen molar-refractivity contribution in [3.8, 4) is 5.75 Å². The number of nitrogens with zero attached hydrogens (tertiary/aromatic N) is 4. The van der Waals surface area contributed by atoms with Crippen molar-refractivity contribution in [3.05, 3.63) is 70.6 Å². The summed E-state index contributed by atoms with van der Waals surface area (Å²) in [6.07, 6.45) is 0.466. The summed E-state index contributed by atoms with van der Waals surface area (Å²) in [4.78, 5) is 18.9. The van der Waals surface area contributed by atoms with Crippen molar-refractivity contribution in [1.82, 2.24) is 20.1 Å². The Morgan fingerprint density at radius 3 is 2.72 bits per heavy atom. The molecule has 0 radical (unpaired) electrons. The van der Waals surface area contributed by atoms with E-state index in [0.29, 0.717) is 35.6 Å². The van der Waals surface area contributed by atoms with E-state index in [2.05, 4.69) is 20.5 Å². The molecule has 7 nitrogen and oxygen atoms in total. The fourth-order valence-electron chi connectivity index (χ4n) is 3.35. The number of hydrogen-bond donors (Lipinski definition) is 1. The molecule has 0 unspecified atom stereocenters. The lowest BCUT2D eigenvalue weighted by Gasteiger charge is -2.15. The molecule has 29 heavy (non-hydrogen) atoms. The minimum atomic E-state index is -0.484. The van der Waals surface area contributed by atoms with Gasteiger partial charge < -0.3 is 15.0 Å². The Kier molecular flexibility index (Phi) is 4.84. The van der Waals surface area contributed by atoms with E-state index in [4.69, 9.17) is 4.74 Å². The molecule has 0 saturated carbocycles. The number of hydrogen-bond acceptors (Lipinski definition) is 6. The highest BCUT2D eigenvalue weighted by molar-refractivity contribution is 6.03. The van der Waals surface area contributed by atoms with Crippen LogP contribution in [0.3, 0.4) is 0 Å². The summed E-state index contributed by atoms with van der Waals surface area (Å²) in [6.45, 7) is 2.29. The van der Waals surface area contributed by atoms with Crippen molar-refractivity contribution in [3.63, 3.8) is 0 Å². The molecule has 1 aromatic carbocycles. The number of fused-ring (bicyclic) bond motifs is 1. The van der Waals surface area contributed by atoms with Crippen molar-refractivity contribution in [2.45, 2.75) is 19.9 Å². The predicted octanol–water partition coefficient (Wildman–Crippen LogP) is 3.25. The van der Waals surface area contributed by atoms with E-state index < -0.39 is 5.82 Å². The highest BCUT2D eigenvalue weighted by Crippen LogP contribution is 2.35. The van der Waals surface area contributed by atoms with Gasteiger partial charge in [-0.2, -0.15) is 10.2 Å². The summed E-state index contributed by atoms with van der Waals surface area (Å²) in [7, 11) is 3.13. The fraction of sp³-hybridized carbons (Fsp3) is 0.238. The van der Waals surface area contributed by atoms with Gasteiger partial charge in [-0.05, 0) is 37.3 Å². The standard InChI is InChI=1S/C21H20FN5O2/c1-12-7-8-13(26-25-12)9-14-10-17(19-18(23-14)11-27(2)21(19)28)24-16-6-4-5-15(22)20(16)29-3/h4-8,10H,9,11H2,1-3H3,(H,23,24). The third kappa shape index (κ3) is 3.61. The smallest absolute Gasteiger partial charge is 0.257 e.